The zero-order valence-corrected chi connectivity index (χ0v) is 13.3. The van der Waals surface area contributed by atoms with Crippen LogP contribution in [0, 0.1) is 18.3 Å². The number of aryl methyl sites for hydroxylation is 1. The highest BCUT2D eigenvalue weighted by Crippen LogP contribution is 2.29. The van der Waals surface area contributed by atoms with Crippen molar-refractivity contribution in [3.05, 3.63) is 63.6 Å². The van der Waals surface area contributed by atoms with Crippen molar-refractivity contribution in [2.75, 3.05) is 7.11 Å². The molecule has 2 rings (SSSR count). The van der Waals surface area contributed by atoms with E-state index in [-0.39, 0.29) is 5.78 Å². The minimum atomic E-state index is -0.880. The second kappa shape index (κ2) is 6.55. The van der Waals surface area contributed by atoms with E-state index in [1.54, 1.807) is 30.3 Å². The van der Waals surface area contributed by atoms with Crippen LogP contribution in [0.1, 0.15) is 27.4 Å². The standard InChI is InChI=1S/C17H14BrNO2/c1-11-7-12(9-13(18)8-11)17(20)15(10-19)14-5-3-4-6-16(14)21-2/h3-9,15H,1-2H3. The van der Waals surface area contributed by atoms with Crippen LogP contribution in [0.15, 0.2) is 46.9 Å². The van der Waals surface area contributed by atoms with Gasteiger partial charge in [-0.3, -0.25) is 4.79 Å². The Hall–Kier alpha value is -2.12. The molecule has 0 aliphatic carbocycles. The summed E-state index contributed by atoms with van der Waals surface area (Å²) >= 11 is 3.38. The lowest BCUT2D eigenvalue weighted by atomic mass is 9.90. The first-order valence-electron chi connectivity index (χ1n) is 6.40. The molecule has 0 aliphatic heterocycles. The molecule has 2 aromatic rings. The van der Waals surface area contributed by atoms with Crippen LogP contribution in [-0.4, -0.2) is 12.9 Å². The van der Waals surface area contributed by atoms with Gasteiger partial charge < -0.3 is 4.74 Å². The molecule has 3 nitrogen and oxygen atoms in total. The Bertz CT molecular complexity index is 699. The number of rotatable bonds is 4. The quantitative estimate of drug-likeness (QED) is 0.779. The van der Waals surface area contributed by atoms with E-state index >= 15 is 0 Å². The molecule has 0 heterocycles. The summed E-state index contributed by atoms with van der Waals surface area (Å²) in [4.78, 5) is 12.7. The smallest absolute Gasteiger partial charge is 0.184 e. The predicted octanol–water partition coefficient (Wildman–Crippen LogP) is 4.26. The van der Waals surface area contributed by atoms with Crippen LogP contribution in [0.3, 0.4) is 0 Å². The molecule has 0 aromatic heterocycles. The van der Waals surface area contributed by atoms with Crippen molar-refractivity contribution in [2.24, 2.45) is 0 Å². The number of hydrogen-bond acceptors (Lipinski definition) is 3. The van der Waals surface area contributed by atoms with Crippen molar-refractivity contribution in [2.45, 2.75) is 12.8 Å². The number of ketones is 1. The number of ether oxygens (including phenoxy) is 1. The molecular weight excluding hydrogens is 330 g/mol. The first-order valence-corrected chi connectivity index (χ1v) is 7.20. The molecule has 0 radical (unpaired) electrons. The molecule has 106 valence electrons. The molecule has 2 aromatic carbocycles. The van der Waals surface area contributed by atoms with Crippen molar-refractivity contribution in [1.82, 2.24) is 0 Å². The van der Waals surface area contributed by atoms with Crippen LogP contribution in [0.5, 0.6) is 5.75 Å². The molecule has 0 N–H and O–H groups in total. The Balaban J connectivity index is 2.46. The van der Waals surface area contributed by atoms with Crippen molar-refractivity contribution < 1.29 is 9.53 Å². The zero-order valence-electron chi connectivity index (χ0n) is 11.8. The normalized spacial score (nSPS) is 11.5. The molecule has 0 amide bonds. The topological polar surface area (TPSA) is 50.1 Å². The van der Waals surface area contributed by atoms with E-state index in [0.29, 0.717) is 16.9 Å². The second-order valence-corrected chi connectivity index (χ2v) is 5.60. The Morgan fingerprint density at radius 2 is 2.00 bits per heavy atom. The third-order valence-electron chi connectivity index (χ3n) is 3.17. The first kappa shape index (κ1) is 15.3. The SMILES string of the molecule is COc1ccccc1C(C#N)C(=O)c1cc(C)cc(Br)c1. The lowest BCUT2D eigenvalue weighted by Crippen LogP contribution is -2.12. The van der Waals surface area contributed by atoms with Gasteiger partial charge in [-0.2, -0.15) is 5.26 Å². The summed E-state index contributed by atoms with van der Waals surface area (Å²) in [5, 5.41) is 9.43. The van der Waals surface area contributed by atoms with Gasteiger partial charge in [-0.05, 0) is 36.8 Å². The van der Waals surface area contributed by atoms with E-state index in [1.165, 1.54) is 7.11 Å². The van der Waals surface area contributed by atoms with Crippen molar-refractivity contribution in [1.29, 1.82) is 5.26 Å². The lowest BCUT2D eigenvalue weighted by Gasteiger charge is -2.13. The largest absolute Gasteiger partial charge is 0.496 e. The average molecular weight is 344 g/mol. The first-order chi connectivity index (χ1) is 10.1. The number of halogens is 1. The molecule has 4 heteroatoms. The third-order valence-corrected chi connectivity index (χ3v) is 3.63. The molecule has 0 spiro atoms. The maximum Gasteiger partial charge on any atom is 0.184 e. The summed E-state index contributed by atoms with van der Waals surface area (Å²) in [6.07, 6.45) is 0. The highest BCUT2D eigenvalue weighted by Gasteiger charge is 2.25. The molecule has 0 saturated carbocycles. The Morgan fingerprint density at radius 3 is 2.62 bits per heavy atom. The van der Waals surface area contributed by atoms with Gasteiger partial charge in [-0.15, -0.1) is 0 Å². The van der Waals surface area contributed by atoms with Crippen LogP contribution in [-0.2, 0) is 0 Å². The number of hydrogen-bond donors (Lipinski definition) is 0. The Kier molecular flexibility index (Phi) is 4.77. The predicted molar refractivity (Wildman–Crippen MR) is 84.6 cm³/mol. The summed E-state index contributed by atoms with van der Waals surface area (Å²) in [5.41, 5.74) is 2.06. The summed E-state index contributed by atoms with van der Waals surface area (Å²) in [7, 11) is 1.53. The van der Waals surface area contributed by atoms with E-state index in [4.69, 9.17) is 4.74 Å². The number of nitrogens with zero attached hydrogens (tertiary/aromatic N) is 1. The Morgan fingerprint density at radius 1 is 1.29 bits per heavy atom. The summed E-state index contributed by atoms with van der Waals surface area (Å²) in [5.74, 6) is -0.564. The molecule has 0 bridgehead atoms. The zero-order chi connectivity index (χ0) is 15.4. The summed E-state index contributed by atoms with van der Waals surface area (Å²) in [6.45, 7) is 1.91. The fourth-order valence-corrected chi connectivity index (χ4v) is 2.83. The lowest BCUT2D eigenvalue weighted by molar-refractivity contribution is 0.0977. The third kappa shape index (κ3) is 3.32. The van der Waals surface area contributed by atoms with Crippen LogP contribution in [0.2, 0.25) is 0 Å². The van der Waals surface area contributed by atoms with E-state index in [2.05, 4.69) is 22.0 Å². The van der Waals surface area contributed by atoms with Crippen LogP contribution < -0.4 is 4.74 Å². The average Bonchev–Trinajstić information content (AvgIpc) is 2.47. The number of para-hydroxylation sites is 1. The van der Waals surface area contributed by atoms with Gasteiger partial charge >= 0.3 is 0 Å². The van der Waals surface area contributed by atoms with E-state index in [9.17, 15) is 10.1 Å². The van der Waals surface area contributed by atoms with Crippen molar-refractivity contribution >= 4 is 21.7 Å². The molecule has 0 fully saturated rings. The van der Waals surface area contributed by atoms with Gasteiger partial charge in [0.05, 0.1) is 13.2 Å². The molecule has 21 heavy (non-hydrogen) atoms. The van der Waals surface area contributed by atoms with Crippen LogP contribution in [0.4, 0.5) is 0 Å². The number of carbonyl (C=O) groups is 1. The maximum atomic E-state index is 12.7. The molecular formula is C17H14BrNO2. The molecule has 0 aliphatic rings. The molecule has 1 unspecified atom stereocenters. The van der Waals surface area contributed by atoms with Gasteiger partial charge in [-0.25, -0.2) is 0 Å². The fraction of sp³-hybridized carbons (Fsp3) is 0.176. The fourth-order valence-electron chi connectivity index (χ4n) is 2.22. The van der Waals surface area contributed by atoms with Crippen LogP contribution in [0.25, 0.3) is 0 Å². The number of benzene rings is 2. The number of carbonyl (C=O) groups excluding carboxylic acids is 1. The minimum Gasteiger partial charge on any atom is -0.496 e. The van der Waals surface area contributed by atoms with Crippen LogP contribution >= 0.6 is 15.9 Å². The maximum absolute atomic E-state index is 12.7. The molecule has 0 saturated heterocycles. The van der Waals surface area contributed by atoms with Gasteiger partial charge in [0.2, 0.25) is 0 Å². The Labute approximate surface area is 132 Å². The summed E-state index contributed by atoms with van der Waals surface area (Å²) < 4.78 is 6.07. The highest BCUT2D eigenvalue weighted by atomic mass is 79.9. The van der Waals surface area contributed by atoms with Crippen molar-refractivity contribution in [3.63, 3.8) is 0 Å². The van der Waals surface area contributed by atoms with Gasteiger partial charge in [0.25, 0.3) is 0 Å². The van der Waals surface area contributed by atoms with Gasteiger partial charge in [0, 0.05) is 15.6 Å². The van der Waals surface area contributed by atoms with Gasteiger partial charge in [0.1, 0.15) is 11.7 Å². The summed E-state index contributed by atoms with van der Waals surface area (Å²) in [6, 6.07) is 14.6. The molecule has 1 atom stereocenters. The highest BCUT2D eigenvalue weighted by molar-refractivity contribution is 9.10. The van der Waals surface area contributed by atoms with Gasteiger partial charge in [-0.1, -0.05) is 34.1 Å². The van der Waals surface area contributed by atoms with Crippen molar-refractivity contribution in [3.8, 4) is 11.8 Å². The number of nitriles is 1. The number of Topliss-reactive ketones (excluding diaryl/α,β-unsaturated/α-hetero) is 1. The van der Waals surface area contributed by atoms with Gasteiger partial charge in [0.15, 0.2) is 5.78 Å². The monoisotopic (exact) mass is 343 g/mol. The number of methoxy groups -OCH3 is 1. The minimum absolute atomic E-state index is 0.230. The van der Waals surface area contributed by atoms with E-state index < -0.39 is 5.92 Å². The van der Waals surface area contributed by atoms with E-state index in [1.807, 2.05) is 19.1 Å². The van der Waals surface area contributed by atoms with E-state index in [0.717, 1.165) is 10.0 Å². The second-order valence-electron chi connectivity index (χ2n) is 4.69.